The van der Waals surface area contributed by atoms with Crippen LogP contribution in [0.25, 0.3) is 15.8 Å². The highest BCUT2D eigenvalue weighted by Crippen LogP contribution is 2.36. The van der Waals surface area contributed by atoms with Gasteiger partial charge >= 0.3 is 0 Å². The summed E-state index contributed by atoms with van der Waals surface area (Å²) in [6.45, 7) is 4.01. The number of para-hydroxylation sites is 1. The summed E-state index contributed by atoms with van der Waals surface area (Å²) < 4.78 is 1.07. The second kappa shape index (κ2) is 7.44. The first-order valence-electron chi connectivity index (χ1n) is 8.60. The normalized spacial score (nSPS) is 14.0. The molecule has 0 N–H and O–H groups in total. The predicted molar refractivity (Wildman–Crippen MR) is 119 cm³/mol. The minimum atomic E-state index is 0.508. The van der Waals surface area contributed by atoms with Crippen molar-refractivity contribution in [3.63, 3.8) is 0 Å². The lowest BCUT2D eigenvalue weighted by atomic mass is 10.0. The number of halogens is 2. The smallest absolute Gasteiger partial charge is 0.135 e. The van der Waals surface area contributed by atoms with Crippen molar-refractivity contribution in [3.8, 4) is 6.07 Å². The number of allylic oxidation sites excluding steroid dienone is 6. The summed E-state index contributed by atoms with van der Waals surface area (Å²) in [6.07, 6.45) is 4.00. The lowest BCUT2D eigenvalue weighted by Crippen LogP contribution is -2.21. The van der Waals surface area contributed by atoms with Crippen LogP contribution in [0.4, 0.5) is 5.69 Å². The van der Waals surface area contributed by atoms with Gasteiger partial charge in [-0.2, -0.15) is 5.26 Å². The van der Waals surface area contributed by atoms with Crippen molar-refractivity contribution in [2.24, 2.45) is 0 Å². The molecule has 6 heteroatoms. The van der Waals surface area contributed by atoms with E-state index in [1.54, 1.807) is 6.07 Å². The second-order valence-corrected chi connectivity index (χ2v) is 8.28. The molecule has 138 valence electrons. The maximum atomic E-state index is 9.83. The zero-order valence-electron chi connectivity index (χ0n) is 15.2. The third-order valence-corrected chi connectivity index (χ3v) is 6.30. The fourth-order valence-electron chi connectivity index (χ4n) is 3.29. The molecule has 3 nitrogen and oxygen atoms in total. The van der Waals surface area contributed by atoms with Crippen molar-refractivity contribution < 1.29 is 0 Å². The number of rotatable bonds is 2. The van der Waals surface area contributed by atoms with E-state index in [4.69, 9.17) is 23.2 Å². The van der Waals surface area contributed by atoms with Crippen molar-refractivity contribution in [1.82, 2.24) is 4.98 Å². The van der Waals surface area contributed by atoms with Crippen LogP contribution in [-0.4, -0.2) is 4.98 Å². The standard InChI is InChI=1S/C22H15Cl2N3S/c1-13-9-15(10-14(2)27(13)16-7-8-18(23)19(24)11-16)17(12-25)22-26-20-5-3-4-6-21(20)28-22/h3-11H,1-2H3. The Kier molecular flexibility index (Phi) is 4.99. The highest BCUT2D eigenvalue weighted by molar-refractivity contribution is 7.19. The molecule has 2 aromatic carbocycles. The molecule has 28 heavy (non-hydrogen) atoms. The van der Waals surface area contributed by atoms with Crippen LogP contribution >= 0.6 is 34.5 Å². The van der Waals surface area contributed by atoms with Crippen LogP contribution in [0.15, 0.2) is 71.6 Å². The van der Waals surface area contributed by atoms with E-state index < -0.39 is 0 Å². The van der Waals surface area contributed by atoms with Gasteiger partial charge in [0.25, 0.3) is 0 Å². The molecule has 3 aromatic rings. The molecule has 1 aliphatic heterocycles. The van der Waals surface area contributed by atoms with E-state index in [9.17, 15) is 5.26 Å². The zero-order valence-corrected chi connectivity index (χ0v) is 17.5. The van der Waals surface area contributed by atoms with Crippen LogP contribution in [0, 0.1) is 11.3 Å². The number of fused-ring (bicyclic) bond motifs is 1. The summed E-state index contributed by atoms with van der Waals surface area (Å²) in [4.78, 5) is 6.72. The van der Waals surface area contributed by atoms with Crippen molar-refractivity contribution in [2.75, 3.05) is 4.90 Å². The molecule has 1 aromatic heterocycles. The molecule has 0 amide bonds. The van der Waals surface area contributed by atoms with Crippen molar-refractivity contribution in [1.29, 1.82) is 5.26 Å². The molecule has 2 heterocycles. The highest BCUT2D eigenvalue weighted by atomic mass is 35.5. The second-order valence-electron chi connectivity index (χ2n) is 6.43. The van der Waals surface area contributed by atoms with Gasteiger partial charge in [-0.1, -0.05) is 35.3 Å². The summed E-state index contributed by atoms with van der Waals surface area (Å²) in [6, 6.07) is 15.8. The van der Waals surface area contributed by atoms with E-state index >= 15 is 0 Å². The number of nitrogens with zero attached hydrogens (tertiary/aromatic N) is 3. The number of benzene rings is 2. The fraction of sp³-hybridized carbons (Fsp3) is 0.0909. The van der Waals surface area contributed by atoms with Gasteiger partial charge in [0.05, 0.1) is 25.8 Å². The van der Waals surface area contributed by atoms with Gasteiger partial charge in [0, 0.05) is 17.1 Å². The maximum absolute atomic E-state index is 9.83. The van der Waals surface area contributed by atoms with Crippen LogP contribution in [0.1, 0.15) is 18.9 Å². The third kappa shape index (κ3) is 3.33. The molecule has 0 atom stereocenters. The first-order valence-corrected chi connectivity index (χ1v) is 10.2. The molecule has 0 bridgehead atoms. The van der Waals surface area contributed by atoms with E-state index in [1.165, 1.54) is 11.3 Å². The first-order chi connectivity index (χ1) is 13.5. The van der Waals surface area contributed by atoms with Crippen LogP contribution < -0.4 is 4.90 Å². The van der Waals surface area contributed by atoms with E-state index in [1.807, 2.05) is 62.4 Å². The molecule has 0 aliphatic carbocycles. The number of hydrogen-bond donors (Lipinski definition) is 0. The van der Waals surface area contributed by atoms with Crippen LogP contribution in [-0.2, 0) is 0 Å². The maximum Gasteiger partial charge on any atom is 0.135 e. The summed E-state index contributed by atoms with van der Waals surface area (Å²) >= 11 is 13.8. The molecular formula is C22H15Cl2N3S. The summed E-state index contributed by atoms with van der Waals surface area (Å²) in [5, 5.41) is 11.6. The molecule has 0 radical (unpaired) electrons. The number of nitriles is 1. The van der Waals surface area contributed by atoms with Crippen molar-refractivity contribution >= 4 is 56.0 Å². The molecule has 0 unspecified atom stereocenters. The minimum absolute atomic E-state index is 0.508. The topological polar surface area (TPSA) is 39.9 Å². The van der Waals surface area contributed by atoms with E-state index in [0.29, 0.717) is 15.6 Å². The summed E-state index contributed by atoms with van der Waals surface area (Å²) in [5.74, 6) is 0. The SMILES string of the molecule is CC1=CC(=C(C#N)c2nc3ccccc3s2)C=C(C)N1c1ccc(Cl)c(Cl)c1. The van der Waals surface area contributed by atoms with Gasteiger partial charge in [-0.05, 0) is 61.9 Å². The average Bonchev–Trinajstić information content (AvgIpc) is 3.08. The van der Waals surface area contributed by atoms with Gasteiger partial charge in [0.1, 0.15) is 11.1 Å². The first kappa shape index (κ1) is 18.8. The molecule has 0 saturated heterocycles. The van der Waals surface area contributed by atoms with Crippen LogP contribution in [0.2, 0.25) is 10.0 Å². The third-order valence-electron chi connectivity index (χ3n) is 4.50. The Labute approximate surface area is 177 Å². The monoisotopic (exact) mass is 423 g/mol. The van der Waals surface area contributed by atoms with Crippen LogP contribution in [0.3, 0.4) is 0 Å². The molecular weight excluding hydrogens is 409 g/mol. The largest absolute Gasteiger partial charge is 0.318 e. The number of aromatic nitrogens is 1. The Morgan fingerprint density at radius 2 is 1.75 bits per heavy atom. The predicted octanol–water partition coefficient (Wildman–Crippen LogP) is 7.21. The van der Waals surface area contributed by atoms with E-state index in [0.717, 1.165) is 37.9 Å². The molecule has 4 rings (SSSR count). The number of thiazole rings is 1. The van der Waals surface area contributed by atoms with Gasteiger partial charge in [0.2, 0.25) is 0 Å². The van der Waals surface area contributed by atoms with Gasteiger partial charge in [-0.3, -0.25) is 0 Å². The minimum Gasteiger partial charge on any atom is -0.318 e. The van der Waals surface area contributed by atoms with Crippen molar-refractivity contribution in [2.45, 2.75) is 13.8 Å². The Bertz CT molecular complexity index is 1170. The molecule has 0 spiro atoms. The Hall–Kier alpha value is -2.58. The van der Waals surface area contributed by atoms with E-state index in [2.05, 4.69) is 16.0 Å². The lowest BCUT2D eigenvalue weighted by Gasteiger charge is -2.30. The molecule has 0 saturated carbocycles. The Morgan fingerprint density at radius 1 is 1.04 bits per heavy atom. The van der Waals surface area contributed by atoms with Crippen LogP contribution in [0.5, 0.6) is 0 Å². The fourth-order valence-corrected chi connectivity index (χ4v) is 4.56. The van der Waals surface area contributed by atoms with Crippen molar-refractivity contribution in [3.05, 3.63) is 86.6 Å². The number of anilines is 1. The van der Waals surface area contributed by atoms with Gasteiger partial charge in [-0.25, -0.2) is 4.98 Å². The lowest BCUT2D eigenvalue weighted by molar-refractivity contribution is 1.04. The summed E-state index contributed by atoms with van der Waals surface area (Å²) in [7, 11) is 0. The Balaban J connectivity index is 1.79. The molecule has 1 aliphatic rings. The average molecular weight is 424 g/mol. The van der Waals surface area contributed by atoms with E-state index in [-0.39, 0.29) is 0 Å². The molecule has 0 fully saturated rings. The quantitative estimate of drug-likeness (QED) is 0.408. The number of hydrogen-bond acceptors (Lipinski definition) is 4. The van der Waals surface area contributed by atoms with Gasteiger partial charge < -0.3 is 4.90 Å². The highest BCUT2D eigenvalue weighted by Gasteiger charge is 2.20. The van der Waals surface area contributed by atoms with Gasteiger partial charge in [-0.15, -0.1) is 11.3 Å². The Morgan fingerprint density at radius 3 is 2.39 bits per heavy atom. The summed E-state index contributed by atoms with van der Waals surface area (Å²) in [5.41, 5.74) is 5.24. The zero-order chi connectivity index (χ0) is 19.8. The van der Waals surface area contributed by atoms with Gasteiger partial charge in [0.15, 0.2) is 0 Å².